The van der Waals surface area contributed by atoms with Gasteiger partial charge in [0.15, 0.2) is 0 Å². The fourth-order valence-electron chi connectivity index (χ4n) is 1.81. The van der Waals surface area contributed by atoms with E-state index in [2.05, 4.69) is 43.6 Å². The largest absolute Gasteiger partial charge is 0.294 e. The summed E-state index contributed by atoms with van der Waals surface area (Å²) in [6.45, 7) is 9.57. The molecule has 0 N–H and O–H groups in total. The molecule has 0 aliphatic heterocycles. The Kier molecular flexibility index (Phi) is 4.45. The van der Waals surface area contributed by atoms with Crippen LogP contribution in [0.3, 0.4) is 0 Å². The normalized spacial score (nSPS) is 11.1. The molecule has 0 fully saturated rings. The van der Waals surface area contributed by atoms with Crippen LogP contribution < -0.4 is 0 Å². The number of hydrogen-bond acceptors (Lipinski definition) is 3. The monoisotopic (exact) mass is 217 g/mol. The van der Waals surface area contributed by atoms with Crippen LogP contribution in [0.5, 0.6) is 0 Å². The molecule has 1 aromatic heterocycles. The maximum atomic E-state index is 8.81. The van der Waals surface area contributed by atoms with E-state index in [0.29, 0.717) is 17.6 Å². The van der Waals surface area contributed by atoms with Gasteiger partial charge in [-0.2, -0.15) is 5.26 Å². The van der Waals surface area contributed by atoms with E-state index in [9.17, 15) is 0 Å². The summed E-state index contributed by atoms with van der Waals surface area (Å²) in [5.41, 5.74) is 1.73. The Morgan fingerprint density at radius 1 is 1.25 bits per heavy atom. The van der Waals surface area contributed by atoms with Crippen molar-refractivity contribution in [3.05, 3.63) is 29.6 Å². The zero-order valence-corrected chi connectivity index (χ0v) is 10.4. The first kappa shape index (κ1) is 12.7. The van der Waals surface area contributed by atoms with E-state index in [4.69, 9.17) is 5.26 Å². The summed E-state index contributed by atoms with van der Waals surface area (Å²) in [5, 5.41) is 8.81. The lowest BCUT2D eigenvalue weighted by atomic mass is 10.1. The molecule has 1 aromatic rings. The average molecular weight is 217 g/mol. The van der Waals surface area contributed by atoms with Crippen LogP contribution >= 0.6 is 0 Å². The minimum absolute atomic E-state index is 0.491. The Hall–Kier alpha value is -1.40. The summed E-state index contributed by atoms with van der Waals surface area (Å²) in [6.07, 6.45) is 3.43. The van der Waals surface area contributed by atoms with E-state index in [0.717, 1.165) is 12.1 Å². The van der Waals surface area contributed by atoms with Crippen LogP contribution in [0.1, 0.15) is 38.8 Å². The molecule has 0 aliphatic carbocycles. The van der Waals surface area contributed by atoms with Gasteiger partial charge in [-0.25, -0.2) is 0 Å². The first-order valence-electron chi connectivity index (χ1n) is 5.64. The molecule has 1 rings (SSSR count). The Labute approximate surface area is 97.7 Å². The molecular formula is C13H19N3. The Balaban J connectivity index is 2.82. The molecule has 0 atom stereocenters. The van der Waals surface area contributed by atoms with Crippen molar-refractivity contribution in [2.45, 2.75) is 46.3 Å². The molecule has 16 heavy (non-hydrogen) atoms. The van der Waals surface area contributed by atoms with Gasteiger partial charge in [-0.1, -0.05) is 0 Å². The van der Waals surface area contributed by atoms with Crippen LogP contribution in [0.2, 0.25) is 0 Å². The number of nitriles is 1. The third-order valence-electron chi connectivity index (χ3n) is 2.62. The second kappa shape index (κ2) is 5.62. The summed E-state index contributed by atoms with van der Waals surface area (Å²) in [7, 11) is 0. The highest BCUT2D eigenvalue weighted by atomic mass is 15.2. The minimum Gasteiger partial charge on any atom is -0.294 e. The number of nitrogens with zero attached hydrogens (tertiary/aromatic N) is 3. The van der Waals surface area contributed by atoms with Gasteiger partial charge in [-0.05, 0) is 39.3 Å². The highest BCUT2D eigenvalue weighted by Gasteiger charge is 2.13. The zero-order valence-electron chi connectivity index (χ0n) is 10.4. The first-order valence-corrected chi connectivity index (χ1v) is 5.64. The summed E-state index contributed by atoms with van der Waals surface area (Å²) >= 11 is 0. The number of hydrogen-bond donors (Lipinski definition) is 0. The van der Waals surface area contributed by atoms with Gasteiger partial charge in [0.1, 0.15) is 6.07 Å². The molecule has 0 amide bonds. The number of pyridine rings is 1. The van der Waals surface area contributed by atoms with Crippen molar-refractivity contribution < 1.29 is 0 Å². The lowest BCUT2D eigenvalue weighted by Crippen LogP contribution is -2.36. The number of aromatic nitrogens is 1. The van der Waals surface area contributed by atoms with Gasteiger partial charge in [0.2, 0.25) is 0 Å². The smallest absolute Gasteiger partial charge is 0.101 e. The highest BCUT2D eigenvalue weighted by Crippen LogP contribution is 2.12. The highest BCUT2D eigenvalue weighted by molar-refractivity contribution is 5.28. The number of rotatable bonds is 4. The topological polar surface area (TPSA) is 39.9 Å². The lowest BCUT2D eigenvalue weighted by molar-refractivity contribution is 0.166. The molecule has 1 heterocycles. The lowest BCUT2D eigenvalue weighted by Gasteiger charge is -2.30. The van der Waals surface area contributed by atoms with Crippen LogP contribution in [-0.2, 0) is 6.54 Å². The molecule has 0 spiro atoms. The second-order valence-electron chi connectivity index (χ2n) is 4.55. The maximum absolute atomic E-state index is 8.81. The SMILES string of the molecule is CC(C)N(Cc1cncc(C#N)c1)C(C)C. The van der Waals surface area contributed by atoms with Crippen molar-refractivity contribution >= 4 is 0 Å². The van der Waals surface area contributed by atoms with Crippen molar-refractivity contribution in [1.82, 2.24) is 9.88 Å². The Morgan fingerprint density at radius 3 is 2.38 bits per heavy atom. The van der Waals surface area contributed by atoms with Crippen LogP contribution in [0, 0.1) is 11.3 Å². The van der Waals surface area contributed by atoms with Gasteiger partial charge in [0.05, 0.1) is 5.56 Å². The molecule has 0 aromatic carbocycles. The van der Waals surface area contributed by atoms with Crippen molar-refractivity contribution in [2.75, 3.05) is 0 Å². The van der Waals surface area contributed by atoms with Crippen LogP contribution in [0.25, 0.3) is 0 Å². The summed E-state index contributed by atoms with van der Waals surface area (Å²) < 4.78 is 0. The van der Waals surface area contributed by atoms with Crippen molar-refractivity contribution in [3.8, 4) is 6.07 Å². The predicted molar refractivity (Wildman–Crippen MR) is 64.8 cm³/mol. The van der Waals surface area contributed by atoms with Crippen LogP contribution in [-0.4, -0.2) is 22.0 Å². The quantitative estimate of drug-likeness (QED) is 0.778. The van der Waals surface area contributed by atoms with Crippen molar-refractivity contribution in [3.63, 3.8) is 0 Å². The van der Waals surface area contributed by atoms with Crippen LogP contribution in [0.15, 0.2) is 18.5 Å². The fraction of sp³-hybridized carbons (Fsp3) is 0.538. The second-order valence-corrected chi connectivity index (χ2v) is 4.55. The standard InChI is InChI=1S/C13H19N3/c1-10(2)16(11(3)4)9-13-5-12(6-14)7-15-8-13/h5,7-8,10-11H,9H2,1-4H3. The summed E-state index contributed by atoms with van der Waals surface area (Å²) in [4.78, 5) is 6.45. The average Bonchev–Trinajstić information content (AvgIpc) is 2.25. The zero-order chi connectivity index (χ0) is 12.1. The van der Waals surface area contributed by atoms with Crippen molar-refractivity contribution in [2.24, 2.45) is 0 Å². The minimum atomic E-state index is 0.491. The van der Waals surface area contributed by atoms with E-state index in [1.165, 1.54) is 0 Å². The van der Waals surface area contributed by atoms with E-state index in [1.54, 1.807) is 6.20 Å². The molecule has 0 bridgehead atoms. The van der Waals surface area contributed by atoms with Gasteiger partial charge >= 0.3 is 0 Å². The third kappa shape index (κ3) is 3.32. The van der Waals surface area contributed by atoms with Gasteiger partial charge in [0.25, 0.3) is 0 Å². The van der Waals surface area contributed by atoms with Gasteiger partial charge < -0.3 is 0 Å². The van der Waals surface area contributed by atoms with E-state index >= 15 is 0 Å². The first-order chi connectivity index (χ1) is 7.54. The van der Waals surface area contributed by atoms with Gasteiger partial charge in [0, 0.05) is 31.0 Å². The summed E-state index contributed by atoms with van der Waals surface area (Å²) in [6, 6.07) is 5.01. The Bertz CT molecular complexity index is 369. The molecule has 3 nitrogen and oxygen atoms in total. The molecular weight excluding hydrogens is 198 g/mol. The third-order valence-corrected chi connectivity index (χ3v) is 2.62. The predicted octanol–water partition coefficient (Wildman–Crippen LogP) is 2.57. The van der Waals surface area contributed by atoms with Gasteiger partial charge in [-0.15, -0.1) is 0 Å². The fourth-order valence-corrected chi connectivity index (χ4v) is 1.81. The molecule has 0 aliphatic rings. The molecule has 0 saturated carbocycles. The molecule has 0 saturated heterocycles. The molecule has 0 radical (unpaired) electrons. The maximum Gasteiger partial charge on any atom is 0.101 e. The van der Waals surface area contributed by atoms with E-state index in [-0.39, 0.29) is 0 Å². The molecule has 86 valence electrons. The van der Waals surface area contributed by atoms with Crippen LogP contribution in [0.4, 0.5) is 0 Å². The Morgan fingerprint density at radius 2 is 1.88 bits per heavy atom. The van der Waals surface area contributed by atoms with Crippen molar-refractivity contribution in [1.29, 1.82) is 5.26 Å². The van der Waals surface area contributed by atoms with E-state index in [1.807, 2.05) is 12.3 Å². The van der Waals surface area contributed by atoms with E-state index < -0.39 is 0 Å². The summed E-state index contributed by atoms with van der Waals surface area (Å²) in [5.74, 6) is 0. The van der Waals surface area contributed by atoms with Gasteiger partial charge in [-0.3, -0.25) is 9.88 Å². The molecule has 0 unspecified atom stereocenters. The molecule has 3 heteroatoms.